The van der Waals surface area contributed by atoms with Gasteiger partial charge in [0.1, 0.15) is 17.4 Å². The number of benzene rings is 1. The molecule has 0 saturated heterocycles. The third kappa shape index (κ3) is 3.82. The highest BCUT2D eigenvalue weighted by atomic mass is 19.1. The minimum atomic E-state index is -0.526. The Labute approximate surface area is 166 Å². The van der Waals surface area contributed by atoms with E-state index < -0.39 is 17.8 Å². The molecule has 29 heavy (non-hydrogen) atoms. The van der Waals surface area contributed by atoms with Gasteiger partial charge in [0.2, 0.25) is 11.7 Å². The number of nitrogens with zero attached hydrogens (tertiary/aromatic N) is 4. The van der Waals surface area contributed by atoms with E-state index in [1.807, 2.05) is 24.3 Å². The zero-order chi connectivity index (χ0) is 20.4. The normalized spacial score (nSPS) is 12.1. The van der Waals surface area contributed by atoms with E-state index in [-0.39, 0.29) is 11.5 Å². The average Bonchev–Trinajstić information content (AvgIpc) is 3.23. The molecule has 0 fully saturated rings. The number of carbonyl (C=O) groups excluding carboxylic acids is 1. The Balaban J connectivity index is 1.53. The van der Waals surface area contributed by atoms with Crippen LogP contribution < -0.4 is 5.32 Å². The van der Waals surface area contributed by atoms with Gasteiger partial charge in [-0.25, -0.2) is 4.39 Å². The maximum absolute atomic E-state index is 13.4. The Morgan fingerprint density at radius 2 is 2.00 bits per heavy atom. The number of rotatable bonds is 5. The highest BCUT2D eigenvalue weighted by molar-refractivity contribution is 6.04. The fourth-order valence-electron chi connectivity index (χ4n) is 2.94. The van der Waals surface area contributed by atoms with Crippen LogP contribution in [0.1, 0.15) is 41.7 Å². The van der Waals surface area contributed by atoms with Crippen molar-refractivity contribution in [3.63, 3.8) is 0 Å². The van der Waals surface area contributed by atoms with E-state index in [0.717, 1.165) is 18.2 Å². The van der Waals surface area contributed by atoms with E-state index in [0.29, 0.717) is 16.9 Å². The number of hydrogen-bond acceptors (Lipinski definition) is 6. The lowest BCUT2D eigenvalue weighted by Crippen LogP contribution is -2.27. The minimum absolute atomic E-state index is 0.283. The summed E-state index contributed by atoms with van der Waals surface area (Å²) in [6, 6.07) is 10.1. The summed E-state index contributed by atoms with van der Waals surface area (Å²) in [5, 5.41) is 6.81. The molecule has 0 spiro atoms. The van der Waals surface area contributed by atoms with Gasteiger partial charge in [-0.05, 0) is 25.0 Å². The summed E-state index contributed by atoms with van der Waals surface area (Å²) in [5.74, 6) is -0.169. The molecule has 3 aromatic heterocycles. The number of halogens is 1. The smallest absolute Gasteiger partial charge is 0.254 e. The topological polar surface area (TPSA) is 93.8 Å². The second-order valence-corrected chi connectivity index (χ2v) is 6.58. The van der Waals surface area contributed by atoms with Crippen LogP contribution in [0.2, 0.25) is 0 Å². The van der Waals surface area contributed by atoms with Gasteiger partial charge in [-0.2, -0.15) is 4.98 Å². The molecule has 4 rings (SSSR count). The fraction of sp³-hybridized carbons (Fsp3) is 0.190. The standard InChI is InChI=1S/C21H18FN5O2/c1-3-13-4-6-14(7-5-13)19-26-21(29-27-19)12(2)25-20(28)16-8-9-23-17-10-15(22)11-24-18(16)17/h4-12H,3H2,1-2H3,(H,25,28). The third-order valence-electron chi connectivity index (χ3n) is 4.57. The van der Waals surface area contributed by atoms with Gasteiger partial charge in [0.05, 0.1) is 17.3 Å². The molecule has 146 valence electrons. The number of amides is 1. The van der Waals surface area contributed by atoms with Crippen LogP contribution in [0.25, 0.3) is 22.4 Å². The number of carbonyl (C=O) groups is 1. The maximum Gasteiger partial charge on any atom is 0.254 e. The van der Waals surface area contributed by atoms with Crippen molar-refractivity contribution in [2.24, 2.45) is 0 Å². The van der Waals surface area contributed by atoms with E-state index in [2.05, 4.69) is 32.3 Å². The van der Waals surface area contributed by atoms with E-state index in [4.69, 9.17) is 4.52 Å². The van der Waals surface area contributed by atoms with Crippen LogP contribution in [0.15, 0.2) is 53.3 Å². The summed E-state index contributed by atoms with van der Waals surface area (Å²) in [6.45, 7) is 3.83. The Bertz CT molecular complexity index is 1170. The fourth-order valence-corrected chi connectivity index (χ4v) is 2.94. The predicted octanol–water partition coefficient (Wildman–Crippen LogP) is 3.87. The second-order valence-electron chi connectivity index (χ2n) is 6.58. The van der Waals surface area contributed by atoms with Crippen molar-refractivity contribution < 1.29 is 13.7 Å². The maximum atomic E-state index is 13.4. The number of aryl methyl sites for hydroxylation is 1. The van der Waals surface area contributed by atoms with Gasteiger partial charge in [0.25, 0.3) is 5.91 Å². The third-order valence-corrected chi connectivity index (χ3v) is 4.57. The summed E-state index contributed by atoms with van der Waals surface area (Å²) in [6.07, 6.45) is 3.44. The zero-order valence-corrected chi connectivity index (χ0v) is 15.9. The first-order chi connectivity index (χ1) is 14.0. The van der Waals surface area contributed by atoms with Crippen LogP contribution in [-0.4, -0.2) is 26.0 Å². The molecular weight excluding hydrogens is 373 g/mol. The van der Waals surface area contributed by atoms with Crippen molar-refractivity contribution in [3.8, 4) is 11.4 Å². The molecule has 0 aliphatic carbocycles. The summed E-state index contributed by atoms with van der Waals surface area (Å²) in [5.41, 5.74) is 2.97. The first kappa shape index (κ1) is 18.7. The monoisotopic (exact) mass is 391 g/mol. The van der Waals surface area contributed by atoms with E-state index in [1.165, 1.54) is 23.9 Å². The van der Waals surface area contributed by atoms with Gasteiger partial charge < -0.3 is 9.84 Å². The molecule has 4 aromatic rings. The van der Waals surface area contributed by atoms with Gasteiger partial charge in [0.15, 0.2) is 0 Å². The molecule has 1 aromatic carbocycles. The van der Waals surface area contributed by atoms with Gasteiger partial charge >= 0.3 is 0 Å². The molecule has 0 bridgehead atoms. The molecule has 0 aliphatic rings. The number of pyridine rings is 2. The lowest BCUT2D eigenvalue weighted by Gasteiger charge is -2.10. The molecule has 0 saturated carbocycles. The van der Waals surface area contributed by atoms with E-state index in [9.17, 15) is 9.18 Å². The molecule has 1 atom stereocenters. The van der Waals surface area contributed by atoms with Crippen LogP contribution in [0.4, 0.5) is 4.39 Å². The van der Waals surface area contributed by atoms with Crippen molar-refractivity contribution in [1.82, 2.24) is 25.4 Å². The Morgan fingerprint density at radius 3 is 2.76 bits per heavy atom. The first-order valence-electron chi connectivity index (χ1n) is 9.19. The Kier molecular flexibility index (Phi) is 4.99. The van der Waals surface area contributed by atoms with Gasteiger partial charge in [-0.15, -0.1) is 0 Å². The number of aromatic nitrogens is 4. The molecule has 0 radical (unpaired) electrons. The molecule has 1 N–H and O–H groups in total. The number of hydrogen-bond donors (Lipinski definition) is 1. The van der Waals surface area contributed by atoms with Crippen molar-refractivity contribution in [2.75, 3.05) is 0 Å². The summed E-state index contributed by atoms with van der Waals surface area (Å²) >= 11 is 0. The highest BCUT2D eigenvalue weighted by Crippen LogP contribution is 2.21. The highest BCUT2D eigenvalue weighted by Gasteiger charge is 2.20. The second kappa shape index (κ2) is 7.75. The van der Waals surface area contributed by atoms with Gasteiger partial charge in [0, 0.05) is 17.8 Å². The predicted molar refractivity (Wildman–Crippen MR) is 104 cm³/mol. The lowest BCUT2D eigenvalue weighted by atomic mass is 10.1. The Hall–Kier alpha value is -3.68. The molecule has 7 nitrogen and oxygen atoms in total. The van der Waals surface area contributed by atoms with Crippen LogP contribution in [0, 0.1) is 5.82 Å². The van der Waals surface area contributed by atoms with Gasteiger partial charge in [-0.3, -0.25) is 14.8 Å². The van der Waals surface area contributed by atoms with Crippen molar-refractivity contribution >= 4 is 16.9 Å². The van der Waals surface area contributed by atoms with E-state index in [1.54, 1.807) is 6.92 Å². The summed E-state index contributed by atoms with van der Waals surface area (Å²) < 4.78 is 18.7. The summed E-state index contributed by atoms with van der Waals surface area (Å²) in [7, 11) is 0. The molecule has 3 heterocycles. The molecule has 8 heteroatoms. The molecule has 1 amide bonds. The SMILES string of the molecule is CCc1ccc(-c2noc(C(C)NC(=O)c3ccnc4cc(F)cnc34)n2)cc1. The molecule has 0 aliphatic heterocycles. The Morgan fingerprint density at radius 1 is 1.21 bits per heavy atom. The van der Waals surface area contributed by atoms with Crippen molar-refractivity contribution in [1.29, 1.82) is 0 Å². The van der Waals surface area contributed by atoms with Crippen LogP contribution in [0.5, 0.6) is 0 Å². The van der Waals surface area contributed by atoms with Crippen molar-refractivity contribution in [3.05, 3.63) is 71.6 Å². The zero-order valence-electron chi connectivity index (χ0n) is 15.9. The molecule has 1 unspecified atom stereocenters. The average molecular weight is 391 g/mol. The van der Waals surface area contributed by atoms with Gasteiger partial charge in [-0.1, -0.05) is 36.3 Å². The van der Waals surface area contributed by atoms with Crippen LogP contribution in [0.3, 0.4) is 0 Å². The largest absolute Gasteiger partial charge is 0.340 e. The lowest BCUT2D eigenvalue weighted by molar-refractivity contribution is 0.0934. The van der Waals surface area contributed by atoms with Crippen molar-refractivity contribution in [2.45, 2.75) is 26.3 Å². The first-order valence-corrected chi connectivity index (χ1v) is 9.19. The summed E-state index contributed by atoms with van der Waals surface area (Å²) in [4.78, 5) is 25.1. The van der Waals surface area contributed by atoms with E-state index >= 15 is 0 Å². The van der Waals surface area contributed by atoms with Crippen LogP contribution >= 0.6 is 0 Å². The number of fused-ring (bicyclic) bond motifs is 1. The quantitative estimate of drug-likeness (QED) is 0.555. The number of nitrogens with one attached hydrogen (secondary N) is 1. The minimum Gasteiger partial charge on any atom is -0.340 e. The van der Waals surface area contributed by atoms with Crippen LogP contribution in [-0.2, 0) is 6.42 Å². The molecular formula is C21H18FN5O2.